The summed E-state index contributed by atoms with van der Waals surface area (Å²) in [7, 11) is 0. The van der Waals surface area contributed by atoms with Crippen LogP contribution in [-0.2, 0) is 22.7 Å². The highest BCUT2D eigenvalue weighted by Crippen LogP contribution is 2.21. The van der Waals surface area contributed by atoms with E-state index < -0.39 is 0 Å². The van der Waals surface area contributed by atoms with Gasteiger partial charge in [-0.05, 0) is 74.1 Å². The molecule has 214 valence electrons. The molecule has 2 rings (SSSR count). The van der Waals surface area contributed by atoms with Crippen molar-refractivity contribution in [2.45, 2.75) is 92.3 Å². The standard InChI is InChI=1S/C34H56N2O2/c1-5-9-21-35(22-10-6-2)25-27-37-29-31-13-17-33(18-14-31)34-19-15-32(16-20-34)30-38-28-26-36(23-11-7-3)24-12-8-4/h13-20H,5-12,21-30H2,1-4H3. The second kappa shape index (κ2) is 21.1. The van der Waals surface area contributed by atoms with Gasteiger partial charge in [0.25, 0.3) is 0 Å². The van der Waals surface area contributed by atoms with E-state index in [0.717, 1.165) is 26.3 Å². The Labute approximate surface area is 234 Å². The SMILES string of the molecule is CCCCN(CCCC)CCOCc1ccc(-c2ccc(COCCN(CCCC)CCCC)cc2)cc1. The third-order valence-electron chi connectivity index (χ3n) is 7.19. The average molecular weight is 525 g/mol. The molecule has 0 saturated carbocycles. The molecular formula is C34H56N2O2. The van der Waals surface area contributed by atoms with E-state index in [1.807, 2.05) is 0 Å². The summed E-state index contributed by atoms with van der Waals surface area (Å²) >= 11 is 0. The summed E-state index contributed by atoms with van der Waals surface area (Å²) in [6.07, 6.45) is 10.1. The predicted octanol–water partition coefficient (Wildman–Crippen LogP) is 8.19. The Morgan fingerprint density at radius 3 is 1.05 bits per heavy atom. The van der Waals surface area contributed by atoms with E-state index >= 15 is 0 Å². The van der Waals surface area contributed by atoms with Crippen LogP contribution in [0.2, 0.25) is 0 Å². The van der Waals surface area contributed by atoms with Crippen LogP contribution in [0.25, 0.3) is 11.1 Å². The lowest BCUT2D eigenvalue weighted by molar-refractivity contribution is 0.0915. The molecule has 0 radical (unpaired) electrons. The minimum absolute atomic E-state index is 0.681. The Balaban J connectivity index is 1.72. The minimum atomic E-state index is 0.681. The molecule has 4 heteroatoms. The summed E-state index contributed by atoms with van der Waals surface area (Å²) < 4.78 is 12.0. The molecule has 0 aliphatic carbocycles. The lowest BCUT2D eigenvalue weighted by Crippen LogP contribution is -2.29. The zero-order valence-electron chi connectivity index (χ0n) is 25.1. The van der Waals surface area contributed by atoms with Gasteiger partial charge in [0.2, 0.25) is 0 Å². The van der Waals surface area contributed by atoms with E-state index in [4.69, 9.17) is 9.47 Å². The van der Waals surface area contributed by atoms with Crippen molar-refractivity contribution in [3.05, 3.63) is 59.7 Å². The van der Waals surface area contributed by atoms with Crippen LogP contribution in [0.5, 0.6) is 0 Å². The van der Waals surface area contributed by atoms with Gasteiger partial charge in [-0.1, -0.05) is 102 Å². The number of unbranched alkanes of at least 4 members (excludes halogenated alkanes) is 4. The van der Waals surface area contributed by atoms with Crippen molar-refractivity contribution in [2.24, 2.45) is 0 Å². The van der Waals surface area contributed by atoms with Crippen LogP contribution in [0.4, 0.5) is 0 Å². The molecule has 0 heterocycles. The van der Waals surface area contributed by atoms with E-state index in [-0.39, 0.29) is 0 Å². The highest BCUT2D eigenvalue weighted by atomic mass is 16.5. The molecule has 0 atom stereocenters. The first-order chi connectivity index (χ1) is 18.7. The van der Waals surface area contributed by atoms with Crippen LogP contribution >= 0.6 is 0 Å². The molecule has 0 aromatic heterocycles. The smallest absolute Gasteiger partial charge is 0.0717 e. The minimum Gasteiger partial charge on any atom is -0.375 e. The van der Waals surface area contributed by atoms with E-state index in [0.29, 0.717) is 13.2 Å². The Morgan fingerprint density at radius 2 is 0.763 bits per heavy atom. The molecule has 0 N–H and O–H groups in total. The summed E-state index contributed by atoms with van der Waals surface area (Å²) in [5.41, 5.74) is 4.96. The van der Waals surface area contributed by atoms with Crippen molar-refractivity contribution in [1.82, 2.24) is 9.80 Å². The lowest BCUT2D eigenvalue weighted by atomic mass is 10.0. The number of hydrogen-bond acceptors (Lipinski definition) is 4. The maximum Gasteiger partial charge on any atom is 0.0717 e. The monoisotopic (exact) mass is 524 g/mol. The topological polar surface area (TPSA) is 24.9 Å². The van der Waals surface area contributed by atoms with Crippen molar-refractivity contribution in [2.75, 3.05) is 52.5 Å². The van der Waals surface area contributed by atoms with Crippen molar-refractivity contribution >= 4 is 0 Å². The number of ether oxygens (including phenoxy) is 2. The fourth-order valence-electron chi connectivity index (χ4n) is 4.55. The molecule has 0 spiro atoms. The maximum atomic E-state index is 6.01. The first-order valence-electron chi connectivity index (χ1n) is 15.5. The van der Waals surface area contributed by atoms with Gasteiger partial charge in [-0.25, -0.2) is 0 Å². The second-order valence-electron chi connectivity index (χ2n) is 10.6. The highest BCUT2D eigenvalue weighted by Gasteiger charge is 2.06. The van der Waals surface area contributed by atoms with E-state index in [2.05, 4.69) is 86.0 Å². The average Bonchev–Trinajstić information content (AvgIpc) is 2.96. The van der Waals surface area contributed by atoms with Crippen LogP contribution in [0.15, 0.2) is 48.5 Å². The Hall–Kier alpha value is -1.72. The molecular weight excluding hydrogens is 468 g/mol. The third-order valence-corrected chi connectivity index (χ3v) is 7.19. The lowest BCUT2D eigenvalue weighted by Gasteiger charge is -2.21. The van der Waals surface area contributed by atoms with E-state index in [1.54, 1.807) is 0 Å². The van der Waals surface area contributed by atoms with Gasteiger partial charge < -0.3 is 19.3 Å². The molecule has 0 saturated heterocycles. The van der Waals surface area contributed by atoms with Gasteiger partial charge in [0.1, 0.15) is 0 Å². The van der Waals surface area contributed by atoms with Gasteiger partial charge >= 0.3 is 0 Å². The summed E-state index contributed by atoms with van der Waals surface area (Å²) in [4.78, 5) is 5.11. The molecule has 0 fully saturated rings. The first-order valence-corrected chi connectivity index (χ1v) is 15.5. The molecule has 38 heavy (non-hydrogen) atoms. The molecule has 2 aromatic carbocycles. The first kappa shape index (κ1) is 32.5. The molecule has 0 amide bonds. The number of benzene rings is 2. The van der Waals surface area contributed by atoms with Gasteiger partial charge in [-0.2, -0.15) is 0 Å². The molecule has 0 bridgehead atoms. The van der Waals surface area contributed by atoms with Crippen molar-refractivity contribution in [3.63, 3.8) is 0 Å². The maximum absolute atomic E-state index is 6.01. The Bertz CT molecular complexity index is 721. The van der Waals surface area contributed by atoms with Gasteiger partial charge in [-0.15, -0.1) is 0 Å². The quantitative estimate of drug-likeness (QED) is 0.137. The number of nitrogens with zero attached hydrogens (tertiary/aromatic N) is 2. The van der Waals surface area contributed by atoms with Crippen LogP contribution in [0, 0.1) is 0 Å². The summed E-state index contributed by atoms with van der Waals surface area (Å²) in [5.74, 6) is 0. The largest absolute Gasteiger partial charge is 0.375 e. The zero-order chi connectivity index (χ0) is 27.3. The molecule has 0 aliphatic heterocycles. The fourth-order valence-corrected chi connectivity index (χ4v) is 4.55. The normalized spacial score (nSPS) is 11.6. The third kappa shape index (κ3) is 13.9. The zero-order valence-corrected chi connectivity index (χ0v) is 25.1. The van der Waals surface area contributed by atoms with E-state index in [1.165, 1.54) is 99.8 Å². The summed E-state index contributed by atoms with van der Waals surface area (Å²) in [6, 6.07) is 17.6. The predicted molar refractivity (Wildman–Crippen MR) is 164 cm³/mol. The van der Waals surface area contributed by atoms with Crippen molar-refractivity contribution in [3.8, 4) is 11.1 Å². The van der Waals surface area contributed by atoms with Crippen LogP contribution in [-0.4, -0.2) is 62.3 Å². The van der Waals surface area contributed by atoms with E-state index in [9.17, 15) is 0 Å². The molecule has 0 aliphatic rings. The summed E-state index contributed by atoms with van der Waals surface area (Å²) in [6.45, 7) is 18.8. The van der Waals surface area contributed by atoms with Crippen LogP contribution < -0.4 is 0 Å². The number of hydrogen-bond donors (Lipinski definition) is 0. The van der Waals surface area contributed by atoms with Crippen molar-refractivity contribution in [1.29, 1.82) is 0 Å². The molecule has 0 unspecified atom stereocenters. The van der Waals surface area contributed by atoms with Crippen LogP contribution in [0.3, 0.4) is 0 Å². The van der Waals surface area contributed by atoms with Gasteiger partial charge in [0.05, 0.1) is 26.4 Å². The van der Waals surface area contributed by atoms with Gasteiger partial charge in [-0.3, -0.25) is 0 Å². The number of rotatable bonds is 23. The summed E-state index contributed by atoms with van der Waals surface area (Å²) in [5, 5.41) is 0. The molecule has 4 nitrogen and oxygen atoms in total. The van der Waals surface area contributed by atoms with Gasteiger partial charge in [0.15, 0.2) is 0 Å². The van der Waals surface area contributed by atoms with Crippen LogP contribution in [0.1, 0.15) is 90.2 Å². The molecule has 2 aromatic rings. The highest BCUT2D eigenvalue weighted by molar-refractivity contribution is 5.63. The fraction of sp³-hybridized carbons (Fsp3) is 0.647. The van der Waals surface area contributed by atoms with Gasteiger partial charge in [0, 0.05) is 13.1 Å². The Morgan fingerprint density at radius 1 is 0.447 bits per heavy atom. The second-order valence-corrected chi connectivity index (χ2v) is 10.6. The van der Waals surface area contributed by atoms with Crippen molar-refractivity contribution < 1.29 is 9.47 Å². The Kier molecular flexibility index (Phi) is 18.1.